The van der Waals surface area contributed by atoms with Crippen molar-refractivity contribution in [2.24, 2.45) is 0 Å². The number of anilines is 2. The zero-order valence-corrected chi connectivity index (χ0v) is 19.9. The topological polar surface area (TPSA) is 95.0 Å². The fourth-order valence-electron chi connectivity index (χ4n) is 3.25. The maximum absolute atomic E-state index is 12.8. The Labute approximate surface area is 200 Å². The highest BCUT2D eigenvalue weighted by Gasteiger charge is 2.22. The Morgan fingerprint density at radius 2 is 1.88 bits per heavy atom. The molecule has 2 amide bonds. The Hall–Kier alpha value is -3.08. The molecule has 10 heteroatoms. The number of thiazole rings is 1. The third-order valence-corrected chi connectivity index (χ3v) is 7.07. The van der Waals surface area contributed by atoms with Gasteiger partial charge in [0.1, 0.15) is 5.75 Å². The smallest absolute Gasteiger partial charge is 0.257 e. The molecule has 1 saturated heterocycles. The van der Waals surface area contributed by atoms with Crippen LogP contribution in [0.15, 0.2) is 57.8 Å². The molecule has 0 radical (unpaired) electrons. The Morgan fingerprint density at radius 1 is 1.15 bits per heavy atom. The molecule has 2 heterocycles. The van der Waals surface area contributed by atoms with Gasteiger partial charge in [-0.3, -0.25) is 14.9 Å². The van der Waals surface area contributed by atoms with Crippen molar-refractivity contribution in [2.75, 3.05) is 50.6 Å². The molecule has 1 aliphatic heterocycles. The molecule has 8 nitrogen and oxygen atoms in total. The second-order valence-electron chi connectivity index (χ2n) is 7.57. The van der Waals surface area contributed by atoms with E-state index in [9.17, 15) is 14.7 Å². The number of morpholine rings is 1. The van der Waals surface area contributed by atoms with Crippen LogP contribution in [-0.4, -0.2) is 67.2 Å². The van der Waals surface area contributed by atoms with Crippen molar-refractivity contribution in [1.29, 1.82) is 0 Å². The minimum atomic E-state index is -0.228. The lowest BCUT2D eigenvalue weighted by Gasteiger charge is -2.27. The molecule has 172 valence electrons. The number of rotatable bonds is 6. The molecule has 1 aliphatic rings. The molecule has 0 saturated carbocycles. The summed E-state index contributed by atoms with van der Waals surface area (Å²) in [6.07, 6.45) is 1.68. The highest BCUT2D eigenvalue weighted by atomic mass is 32.2. The minimum absolute atomic E-state index is 0.0478. The Bertz CT molecular complexity index is 1140. The minimum Gasteiger partial charge on any atom is -0.507 e. The van der Waals surface area contributed by atoms with E-state index in [1.807, 2.05) is 31.1 Å². The first-order chi connectivity index (χ1) is 15.9. The van der Waals surface area contributed by atoms with E-state index >= 15 is 0 Å². The van der Waals surface area contributed by atoms with Crippen LogP contribution in [-0.2, 0) is 4.74 Å². The first-order valence-electron chi connectivity index (χ1n) is 10.3. The number of carbonyl (C=O) groups is 2. The number of hydrogen-bond donors (Lipinski definition) is 2. The molecule has 0 bridgehead atoms. The van der Waals surface area contributed by atoms with Crippen LogP contribution in [0.3, 0.4) is 0 Å². The van der Waals surface area contributed by atoms with Crippen molar-refractivity contribution in [1.82, 2.24) is 9.88 Å². The largest absolute Gasteiger partial charge is 0.507 e. The number of hydrogen-bond acceptors (Lipinski definition) is 8. The normalized spacial score (nSPS) is 13.6. The molecule has 4 rings (SSSR count). The summed E-state index contributed by atoms with van der Waals surface area (Å²) in [5, 5.41) is 13.5. The highest BCUT2D eigenvalue weighted by molar-refractivity contribution is 8.01. The number of aromatic nitrogens is 1. The van der Waals surface area contributed by atoms with Gasteiger partial charge in [0.05, 0.1) is 29.2 Å². The number of phenolic OH excluding ortho intramolecular Hbond substituents is 1. The standard InChI is InChI=1S/C23H24N4O4S2/c1-26(2)16-5-3-15(4-6-16)21(29)25-23-24-14-20(33-23)32-17-7-8-19(28)18(13-17)22(30)27-9-11-31-12-10-27/h3-8,13-14,28H,9-12H2,1-2H3,(H,24,25,29). The van der Waals surface area contributed by atoms with E-state index in [4.69, 9.17) is 4.74 Å². The first-order valence-corrected chi connectivity index (χ1v) is 12.0. The van der Waals surface area contributed by atoms with Gasteiger partial charge in [-0.1, -0.05) is 23.1 Å². The number of aromatic hydroxyl groups is 1. The van der Waals surface area contributed by atoms with Crippen LogP contribution in [0.25, 0.3) is 0 Å². The van der Waals surface area contributed by atoms with Crippen molar-refractivity contribution in [3.8, 4) is 5.75 Å². The molecule has 0 aliphatic carbocycles. The third kappa shape index (κ3) is 5.65. The van der Waals surface area contributed by atoms with Gasteiger partial charge in [-0.25, -0.2) is 4.98 Å². The van der Waals surface area contributed by atoms with E-state index in [0.717, 1.165) is 14.8 Å². The maximum Gasteiger partial charge on any atom is 0.257 e. The lowest BCUT2D eigenvalue weighted by Crippen LogP contribution is -2.40. The van der Waals surface area contributed by atoms with Crippen molar-refractivity contribution < 1.29 is 19.4 Å². The molecule has 1 fully saturated rings. The van der Waals surface area contributed by atoms with Crippen LogP contribution in [0, 0.1) is 0 Å². The SMILES string of the molecule is CN(C)c1ccc(C(=O)Nc2ncc(Sc3ccc(O)c(C(=O)N4CCOCC4)c3)s2)cc1. The number of benzene rings is 2. The summed E-state index contributed by atoms with van der Waals surface area (Å²) < 4.78 is 6.14. The van der Waals surface area contributed by atoms with Gasteiger partial charge < -0.3 is 19.6 Å². The van der Waals surface area contributed by atoms with E-state index in [0.29, 0.717) is 37.0 Å². The second kappa shape index (κ2) is 10.2. The van der Waals surface area contributed by atoms with Gasteiger partial charge in [-0.15, -0.1) is 0 Å². The van der Waals surface area contributed by atoms with Gasteiger partial charge in [0.2, 0.25) is 0 Å². The molecular formula is C23H24N4O4S2. The zero-order chi connectivity index (χ0) is 23.4. The predicted octanol–water partition coefficient (Wildman–Crippen LogP) is 3.79. The van der Waals surface area contributed by atoms with E-state index in [2.05, 4.69) is 10.3 Å². The summed E-state index contributed by atoms with van der Waals surface area (Å²) in [5.74, 6) is -0.488. The second-order valence-corrected chi connectivity index (χ2v) is 9.97. The average Bonchev–Trinajstić information content (AvgIpc) is 3.27. The number of nitrogens with zero attached hydrogens (tertiary/aromatic N) is 3. The fourth-order valence-corrected chi connectivity index (χ4v) is 5.14. The summed E-state index contributed by atoms with van der Waals surface area (Å²) in [5.41, 5.74) is 1.83. The van der Waals surface area contributed by atoms with Gasteiger partial charge in [-0.2, -0.15) is 0 Å². The lowest BCUT2D eigenvalue weighted by molar-refractivity contribution is 0.0301. The number of carbonyl (C=O) groups excluding carboxylic acids is 2. The van der Waals surface area contributed by atoms with Crippen LogP contribution in [0.5, 0.6) is 5.75 Å². The van der Waals surface area contributed by atoms with E-state index in [-0.39, 0.29) is 23.1 Å². The first kappa shape index (κ1) is 23.1. The molecular weight excluding hydrogens is 460 g/mol. The zero-order valence-electron chi connectivity index (χ0n) is 18.3. The number of ether oxygens (including phenoxy) is 1. The van der Waals surface area contributed by atoms with Gasteiger partial charge in [-0.05, 0) is 42.5 Å². The van der Waals surface area contributed by atoms with Gasteiger partial charge in [0.25, 0.3) is 11.8 Å². The quantitative estimate of drug-likeness (QED) is 0.550. The molecule has 0 spiro atoms. The monoisotopic (exact) mass is 484 g/mol. The predicted molar refractivity (Wildman–Crippen MR) is 130 cm³/mol. The lowest BCUT2D eigenvalue weighted by atomic mass is 10.1. The van der Waals surface area contributed by atoms with E-state index in [1.165, 1.54) is 29.2 Å². The summed E-state index contributed by atoms with van der Waals surface area (Å²) >= 11 is 2.76. The Balaban J connectivity index is 1.42. The van der Waals surface area contributed by atoms with Gasteiger partial charge in [0, 0.05) is 43.3 Å². The maximum atomic E-state index is 12.8. The van der Waals surface area contributed by atoms with Crippen LogP contribution < -0.4 is 10.2 Å². The highest BCUT2D eigenvalue weighted by Crippen LogP contribution is 2.36. The Morgan fingerprint density at radius 3 is 2.58 bits per heavy atom. The summed E-state index contributed by atoms with van der Waals surface area (Å²) in [6.45, 7) is 2.00. The van der Waals surface area contributed by atoms with Gasteiger partial charge >= 0.3 is 0 Å². The number of amides is 2. The van der Waals surface area contributed by atoms with Crippen molar-refractivity contribution in [2.45, 2.75) is 9.10 Å². The van der Waals surface area contributed by atoms with Crippen LogP contribution in [0.4, 0.5) is 10.8 Å². The van der Waals surface area contributed by atoms with Crippen molar-refractivity contribution in [3.63, 3.8) is 0 Å². The summed E-state index contributed by atoms with van der Waals surface area (Å²) in [4.78, 5) is 34.0. The summed E-state index contributed by atoms with van der Waals surface area (Å²) in [7, 11) is 3.89. The van der Waals surface area contributed by atoms with Crippen molar-refractivity contribution in [3.05, 3.63) is 59.8 Å². The van der Waals surface area contributed by atoms with Crippen LogP contribution in [0.2, 0.25) is 0 Å². The average molecular weight is 485 g/mol. The molecule has 3 aromatic rings. The van der Waals surface area contributed by atoms with E-state index in [1.54, 1.807) is 35.4 Å². The number of nitrogens with one attached hydrogen (secondary N) is 1. The van der Waals surface area contributed by atoms with Crippen molar-refractivity contribution >= 4 is 45.7 Å². The molecule has 0 atom stereocenters. The molecule has 0 unspecified atom stereocenters. The molecule has 2 aromatic carbocycles. The van der Waals surface area contributed by atoms with E-state index < -0.39 is 0 Å². The summed E-state index contributed by atoms with van der Waals surface area (Å²) in [6, 6.07) is 12.3. The Kier molecular flexibility index (Phi) is 7.17. The third-order valence-electron chi connectivity index (χ3n) is 5.07. The molecule has 2 N–H and O–H groups in total. The molecule has 33 heavy (non-hydrogen) atoms. The number of phenols is 1. The fraction of sp³-hybridized carbons (Fsp3) is 0.261. The molecule has 1 aromatic heterocycles. The van der Waals surface area contributed by atoms with Crippen LogP contribution >= 0.6 is 23.1 Å². The van der Waals surface area contributed by atoms with Crippen LogP contribution in [0.1, 0.15) is 20.7 Å². The van der Waals surface area contributed by atoms with Gasteiger partial charge in [0.15, 0.2) is 5.13 Å².